The predicted molar refractivity (Wildman–Crippen MR) is 79.6 cm³/mol. The molecule has 0 fully saturated rings. The van der Waals surface area contributed by atoms with Crippen molar-refractivity contribution in [2.45, 2.75) is 32.6 Å². The number of fused-ring (bicyclic) bond motifs is 1. The minimum Gasteiger partial charge on any atom is -0.466 e. The third-order valence-electron chi connectivity index (χ3n) is 3.90. The number of ether oxygens (including phenoxy) is 1. The fourth-order valence-electron chi connectivity index (χ4n) is 2.84. The first-order valence-electron chi connectivity index (χ1n) is 7.41. The fourth-order valence-corrected chi connectivity index (χ4v) is 2.84. The first-order valence-corrected chi connectivity index (χ1v) is 7.41. The predicted octanol–water partition coefficient (Wildman–Crippen LogP) is 2.87. The third kappa shape index (κ3) is 2.96. The summed E-state index contributed by atoms with van der Waals surface area (Å²) in [5, 5.41) is 4.32. The van der Waals surface area contributed by atoms with Crippen LogP contribution in [0.25, 0.3) is 11.2 Å². The van der Waals surface area contributed by atoms with Crippen molar-refractivity contribution in [3.8, 4) is 0 Å². The Labute approximate surface area is 123 Å². The van der Waals surface area contributed by atoms with Gasteiger partial charge in [0.25, 0.3) is 0 Å². The summed E-state index contributed by atoms with van der Waals surface area (Å²) < 4.78 is 6.89. The summed E-state index contributed by atoms with van der Waals surface area (Å²) in [5.41, 5.74) is 3.24. The van der Waals surface area contributed by atoms with Crippen molar-refractivity contribution in [3.05, 3.63) is 36.3 Å². The largest absolute Gasteiger partial charge is 0.466 e. The van der Waals surface area contributed by atoms with Crippen LogP contribution in [0.15, 0.2) is 30.6 Å². The van der Waals surface area contributed by atoms with E-state index in [0.29, 0.717) is 18.9 Å². The zero-order valence-electron chi connectivity index (χ0n) is 12.2. The van der Waals surface area contributed by atoms with Crippen LogP contribution >= 0.6 is 0 Å². The first kappa shape index (κ1) is 13.8. The Kier molecular flexibility index (Phi) is 3.99. The van der Waals surface area contributed by atoms with Gasteiger partial charge in [-0.25, -0.2) is 9.50 Å². The van der Waals surface area contributed by atoms with Crippen LogP contribution in [-0.2, 0) is 9.53 Å². The first-order chi connectivity index (χ1) is 10.3. The maximum atomic E-state index is 11.5. The van der Waals surface area contributed by atoms with E-state index in [1.165, 1.54) is 5.57 Å². The second-order valence-electron chi connectivity index (χ2n) is 5.31. The molecule has 2 aromatic heterocycles. The summed E-state index contributed by atoms with van der Waals surface area (Å²) >= 11 is 0. The number of carbonyl (C=O) groups is 1. The lowest BCUT2D eigenvalue weighted by atomic mass is 9.86. The number of hydrogen-bond acceptors (Lipinski definition) is 4. The molecule has 1 atom stereocenters. The summed E-state index contributed by atoms with van der Waals surface area (Å²) in [7, 11) is 0. The second-order valence-corrected chi connectivity index (χ2v) is 5.31. The summed E-state index contributed by atoms with van der Waals surface area (Å²) in [6, 6.07) is 3.90. The van der Waals surface area contributed by atoms with Crippen LogP contribution in [0.5, 0.6) is 0 Å². The molecule has 21 heavy (non-hydrogen) atoms. The van der Waals surface area contributed by atoms with Gasteiger partial charge in [0.15, 0.2) is 5.65 Å². The molecule has 2 heterocycles. The van der Waals surface area contributed by atoms with Crippen LogP contribution in [0.4, 0.5) is 0 Å². The monoisotopic (exact) mass is 285 g/mol. The van der Waals surface area contributed by atoms with Crippen molar-refractivity contribution in [2.24, 2.45) is 5.92 Å². The van der Waals surface area contributed by atoms with E-state index in [9.17, 15) is 4.79 Å². The molecule has 5 heteroatoms. The Bertz CT molecular complexity index is 675. The van der Waals surface area contributed by atoms with Gasteiger partial charge < -0.3 is 4.74 Å². The number of carbonyl (C=O) groups excluding carboxylic acids is 1. The number of aromatic nitrogens is 3. The minimum absolute atomic E-state index is 0.0854. The van der Waals surface area contributed by atoms with Gasteiger partial charge in [0, 0.05) is 18.7 Å². The topological polar surface area (TPSA) is 56.5 Å². The lowest BCUT2D eigenvalue weighted by Gasteiger charge is -2.21. The quantitative estimate of drug-likeness (QED) is 0.811. The van der Waals surface area contributed by atoms with Crippen LogP contribution in [0.3, 0.4) is 0 Å². The SMILES string of the molecule is CCOC(=O)CC1CC=C(c2ccnc3ccnn23)CC1. The van der Waals surface area contributed by atoms with Crippen molar-refractivity contribution in [1.82, 2.24) is 14.6 Å². The molecular formula is C16H19N3O2. The highest BCUT2D eigenvalue weighted by Gasteiger charge is 2.20. The van der Waals surface area contributed by atoms with Gasteiger partial charge in [-0.15, -0.1) is 0 Å². The molecule has 0 bridgehead atoms. The molecule has 1 unspecified atom stereocenters. The van der Waals surface area contributed by atoms with Gasteiger partial charge in [0.05, 0.1) is 18.5 Å². The van der Waals surface area contributed by atoms with Gasteiger partial charge in [-0.3, -0.25) is 4.79 Å². The van der Waals surface area contributed by atoms with Gasteiger partial charge in [0.1, 0.15) is 0 Å². The minimum atomic E-state index is -0.0854. The number of hydrogen-bond donors (Lipinski definition) is 0. The summed E-state index contributed by atoms with van der Waals surface area (Å²) in [6.45, 7) is 2.30. The van der Waals surface area contributed by atoms with E-state index in [1.54, 1.807) is 6.20 Å². The molecule has 0 radical (unpaired) electrons. The van der Waals surface area contributed by atoms with E-state index in [2.05, 4.69) is 16.2 Å². The molecule has 0 amide bonds. The molecule has 0 spiro atoms. The van der Waals surface area contributed by atoms with E-state index in [0.717, 1.165) is 30.6 Å². The van der Waals surface area contributed by atoms with Gasteiger partial charge in [-0.05, 0) is 43.7 Å². The standard InChI is InChI=1S/C16H19N3O2/c1-2-21-16(20)11-12-3-5-13(6-4-12)14-7-9-17-15-8-10-18-19(14)15/h5,7-10,12H,2-4,6,11H2,1H3. The molecule has 0 aliphatic heterocycles. The van der Waals surface area contributed by atoms with Crippen molar-refractivity contribution >= 4 is 17.2 Å². The molecule has 3 rings (SSSR count). The van der Waals surface area contributed by atoms with Gasteiger partial charge >= 0.3 is 5.97 Å². The molecule has 5 nitrogen and oxygen atoms in total. The van der Waals surface area contributed by atoms with E-state index in [4.69, 9.17) is 4.74 Å². The number of rotatable bonds is 4. The highest BCUT2D eigenvalue weighted by molar-refractivity contribution is 5.70. The van der Waals surface area contributed by atoms with Crippen molar-refractivity contribution in [2.75, 3.05) is 6.61 Å². The molecular weight excluding hydrogens is 266 g/mol. The Morgan fingerprint density at radius 1 is 1.43 bits per heavy atom. The lowest BCUT2D eigenvalue weighted by Crippen LogP contribution is -2.14. The van der Waals surface area contributed by atoms with Gasteiger partial charge in [-0.1, -0.05) is 6.08 Å². The zero-order chi connectivity index (χ0) is 14.7. The maximum absolute atomic E-state index is 11.5. The van der Waals surface area contributed by atoms with E-state index in [-0.39, 0.29) is 5.97 Å². The van der Waals surface area contributed by atoms with Gasteiger partial charge in [0.2, 0.25) is 0 Å². The smallest absolute Gasteiger partial charge is 0.306 e. The van der Waals surface area contributed by atoms with E-state index in [1.807, 2.05) is 29.8 Å². The summed E-state index contributed by atoms with van der Waals surface area (Å²) in [4.78, 5) is 15.8. The average molecular weight is 285 g/mol. The zero-order valence-corrected chi connectivity index (χ0v) is 12.2. The lowest BCUT2D eigenvalue weighted by molar-refractivity contribution is -0.144. The van der Waals surface area contributed by atoms with Crippen LogP contribution in [0, 0.1) is 5.92 Å². The Hall–Kier alpha value is -2.17. The Balaban J connectivity index is 1.73. The van der Waals surface area contributed by atoms with Crippen molar-refractivity contribution in [3.63, 3.8) is 0 Å². The second kappa shape index (κ2) is 6.08. The average Bonchev–Trinajstić information content (AvgIpc) is 2.97. The molecule has 0 N–H and O–H groups in total. The summed E-state index contributed by atoms with van der Waals surface area (Å²) in [5.74, 6) is 0.306. The van der Waals surface area contributed by atoms with Gasteiger partial charge in [-0.2, -0.15) is 5.10 Å². The molecule has 110 valence electrons. The molecule has 2 aromatic rings. The molecule has 0 aromatic carbocycles. The van der Waals surface area contributed by atoms with Crippen LogP contribution < -0.4 is 0 Å². The van der Waals surface area contributed by atoms with E-state index >= 15 is 0 Å². The number of esters is 1. The Morgan fingerprint density at radius 3 is 3.10 bits per heavy atom. The fraction of sp³-hybridized carbons (Fsp3) is 0.438. The van der Waals surface area contributed by atoms with Crippen LogP contribution in [0.1, 0.15) is 38.3 Å². The molecule has 0 saturated heterocycles. The van der Waals surface area contributed by atoms with Crippen molar-refractivity contribution in [1.29, 1.82) is 0 Å². The van der Waals surface area contributed by atoms with Crippen molar-refractivity contribution < 1.29 is 9.53 Å². The molecule has 1 aliphatic rings. The number of allylic oxidation sites excluding steroid dienone is 2. The Morgan fingerprint density at radius 2 is 2.33 bits per heavy atom. The summed E-state index contributed by atoms with van der Waals surface area (Å²) in [6.07, 6.45) is 9.21. The number of nitrogens with zero attached hydrogens (tertiary/aromatic N) is 3. The molecule has 1 aliphatic carbocycles. The maximum Gasteiger partial charge on any atom is 0.306 e. The highest BCUT2D eigenvalue weighted by atomic mass is 16.5. The normalized spacial score (nSPS) is 18.5. The molecule has 0 saturated carbocycles. The highest BCUT2D eigenvalue weighted by Crippen LogP contribution is 2.31. The third-order valence-corrected chi connectivity index (χ3v) is 3.90. The van der Waals surface area contributed by atoms with E-state index < -0.39 is 0 Å². The van der Waals surface area contributed by atoms with Crippen LogP contribution in [0.2, 0.25) is 0 Å². The van der Waals surface area contributed by atoms with Crippen LogP contribution in [-0.4, -0.2) is 27.2 Å².